The van der Waals surface area contributed by atoms with E-state index in [0.717, 1.165) is 38.8 Å². The van der Waals surface area contributed by atoms with Crippen LogP contribution >= 0.6 is 86.3 Å². The van der Waals surface area contributed by atoms with Crippen LogP contribution in [0.2, 0.25) is 25.1 Å². The smallest absolute Gasteiger partial charge is 0.326 e. The summed E-state index contributed by atoms with van der Waals surface area (Å²) in [5, 5.41) is 35.4. The summed E-state index contributed by atoms with van der Waals surface area (Å²) in [4.78, 5) is 156. The van der Waals surface area contributed by atoms with E-state index in [4.69, 9.17) is 63.1 Å². The van der Waals surface area contributed by atoms with Crippen LogP contribution < -0.4 is 48.2 Å². The van der Waals surface area contributed by atoms with Crippen molar-refractivity contribution in [2.75, 3.05) is 75.7 Å². The van der Waals surface area contributed by atoms with Crippen LogP contribution in [0.25, 0.3) is 33.1 Å². The van der Waals surface area contributed by atoms with Crippen LogP contribution in [0.5, 0.6) is 0 Å². The minimum Gasteiger partial charge on any atom is -0.480 e. The second-order valence-corrected chi connectivity index (χ2v) is 31.8. The number of halogens is 11. The first-order valence-electron chi connectivity index (χ1n) is 36.1. The molecule has 0 spiro atoms. The number of anilines is 1. The van der Waals surface area contributed by atoms with E-state index in [1.165, 1.54) is 78.3 Å². The number of pyridine rings is 6. The molecule has 12 heterocycles. The lowest BCUT2D eigenvalue weighted by atomic mass is 9.99. The minimum atomic E-state index is -1.49. The Morgan fingerprint density at radius 1 is 0.513 bits per heavy atom. The third-order valence-electron chi connectivity index (χ3n) is 19.0. The highest BCUT2D eigenvalue weighted by molar-refractivity contribution is 9.09. The first kappa shape index (κ1) is 91.1. The van der Waals surface area contributed by atoms with Gasteiger partial charge in [0.1, 0.15) is 81.5 Å². The standard InChI is InChI=1S/C26H25ClFN5O5.C22H19Cl2FN4O3.C16H11Cl2N3O2.C6H9BrFNO.C4H8FN.C4H7NO2.ClH/c1-26(28)13-31(14-26)21(34)12-33-22-17(19(6-8-29-22)32-9-7-20(32)25(37)38)10-18(24(33)36)23(35)30-11-15-2-4-16(27)5-3-15;1-22(25)11-28(12-22)18(30)10-29-19-15(17(24)6-7-26-19)8-16(21(29)32)20(31)27-9-13-2-4-14(23)5-3-13;17-10-3-1-9(2-4-10)8-20-15(22)12-7-11-13(18)5-6-19-14(11)21-16(12)23;1-6(8)3-9(4-6)5(10)2-7;1-4(5)2-6-3-4;6-4(7)3-1-2-5-3;/h2-6,8,10,20H,7,9,11-14H2,1H3,(H,30,35)(H,37,38);2-8H,9-12H2,1H3,(H,27,31);1-7H,8H2,(H,20,22)(H,19,21,23);2-4H2,1H3;6H,2-3H2,1H3;3,5H,1-2H2,(H,6,7);1H. The van der Waals surface area contributed by atoms with E-state index in [1.54, 1.807) is 96.8 Å². The number of likely N-dealkylation sites (tertiary alicyclic amines) is 3. The number of alkyl halides is 5. The first-order chi connectivity index (χ1) is 54.8. The van der Waals surface area contributed by atoms with E-state index in [1.807, 2.05) is 0 Å². The molecule has 15 rings (SSSR count). The molecule has 6 aliphatic heterocycles. The van der Waals surface area contributed by atoms with Gasteiger partial charge in [0.15, 0.2) is 0 Å². The van der Waals surface area contributed by atoms with Gasteiger partial charge in [-0.1, -0.05) is 110 Å². The Bertz CT molecular complexity index is 5390. The van der Waals surface area contributed by atoms with Crippen molar-refractivity contribution in [2.24, 2.45) is 0 Å². The molecule has 622 valence electrons. The molecule has 0 saturated carbocycles. The maximum atomic E-state index is 14.0. The molecule has 6 fully saturated rings. The summed E-state index contributed by atoms with van der Waals surface area (Å²) in [6, 6.07) is 28.7. The lowest BCUT2D eigenvalue weighted by Gasteiger charge is -2.42. The van der Waals surface area contributed by atoms with Gasteiger partial charge in [-0.2, -0.15) is 0 Å². The summed E-state index contributed by atoms with van der Waals surface area (Å²) in [7, 11) is 0. The van der Waals surface area contributed by atoms with Gasteiger partial charge in [-0.25, -0.2) is 37.3 Å². The number of carboxylic acid groups (broad SMARTS) is 2. The van der Waals surface area contributed by atoms with Crippen molar-refractivity contribution < 1.29 is 66.1 Å². The molecule has 117 heavy (non-hydrogen) atoms. The van der Waals surface area contributed by atoms with E-state index in [9.17, 15) is 75.4 Å². The first-order valence-corrected chi connectivity index (χ1v) is 39.1. The number of hydrogen-bond acceptors (Lipinski definition) is 17. The van der Waals surface area contributed by atoms with E-state index in [-0.39, 0.29) is 123 Å². The number of rotatable bonds is 17. The highest BCUT2D eigenvalue weighted by Gasteiger charge is 2.44. The minimum absolute atomic E-state index is 0. The van der Waals surface area contributed by atoms with Gasteiger partial charge in [0.2, 0.25) is 17.7 Å². The van der Waals surface area contributed by atoms with E-state index >= 15 is 0 Å². The van der Waals surface area contributed by atoms with E-state index in [2.05, 4.69) is 62.4 Å². The molecule has 0 radical (unpaired) electrons. The molecule has 28 nitrogen and oxygen atoms in total. The number of aromatic amines is 1. The Labute approximate surface area is 705 Å². The van der Waals surface area contributed by atoms with Gasteiger partial charge in [0.05, 0.1) is 60.3 Å². The number of carbonyl (C=O) groups excluding carboxylic acids is 6. The Hall–Kier alpha value is -9.84. The maximum absolute atomic E-state index is 14.0. The highest BCUT2D eigenvalue weighted by Crippen LogP contribution is 2.34. The number of amides is 6. The van der Waals surface area contributed by atoms with Crippen LogP contribution in [0.1, 0.15) is 88.3 Å². The van der Waals surface area contributed by atoms with Gasteiger partial charge in [-0.15, -0.1) is 12.4 Å². The molecule has 2 unspecified atom stereocenters. The SMILES string of the molecule is CC1(F)CN(C(=O)CBr)C1.CC1(F)CN(C(=O)Cn2c(=O)c(C(=O)NCc3ccc(Cl)cc3)cc3c(Cl)ccnc32)C1.CC1(F)CN(C(=O)Cn2c(=O)c(C(=O)NCc3ccc(Cl)cc3)cc3c(N4CCC4C(=O)O)ccnc32)C1.CC1(F)CNC1.Cl.O=C(NCc1ccc(Cl)cc1)c1cc2c(Cl)ccnc2[nH]c1=O.O=C(O)C1CCN1. The number of carbonyl (C=O) groups is 8. The van der Waals surface area contributed by atoms with E-state index < -0.39 is 93.4 Å². The largest absolute Gasteiger partial charge is 0.480 e. The topological polar surface area (TPSA) is 366 Å². The Morgan fingerprint density at radius 2 is 0.889 bits per heavy atom. The van der Waals surface area contributed by atoms with Crippen LogP contribution in [0.15, 0.2) is 142 Å². The fraction of sp³-hybridized carbons (Fsp3) is 0.359. The third kappa shape index (κ3) is 23.8. The van der Waals surface area contributed by atoms with E-state index in [0.29, 0.717) is 79.0 Å². The van der Waals surface area contributed by atoms with Crippen molar-refractivity contribution in [2.45, 2.75) is 108 Å². The zero-order valence-electron chi connectivity index (χ0n) is 63.1. The molecule has 0 aliphatic carbocycles. The average molecular weight is 1800 g/mol. The van der Waals surface area contributed by atoms with Crippen molar-refractivity contribution in [1.82, 2.24) is 70.4 Å². The molecule has 6 saturated heterocycles. The molecular weight excluding hydrogens is 1720 g/mol. The Kier molecular flexibility index (Phi) is 30.5. The lowest BCUT2D eigenvalue weighted by Crippen LogP contribution is -2.60. The number of nitrogens with zero attached hydrogens (tertiary/aromatic N) is 9. The fourth-order valence-electron chi connectivity index (χ4n) is 12.5. The summed E-state index contributed by atoms with van der Waals surface area (Å²) >= 11 is 33.0. The van der Waals surface area contributed by atoms with Crippen molar-refractivity contribution >= 4 is 173 Å². The highest BCUT2D eigenvalue weighted by atomic mass is 79.9. The second kappa shape index (κ2) is 39.2. The zero-order chi connectivity index (χ0) is 84.3. The second-order valence-electron chi connectivity index (χ2n) is 29.1. The fourth-order valence-corrected chi connectivity index (χ4v) is 13.6. The van der Waals surface area contributed by atoms with Gasteiger partial charge >= 0.3 is 11.9 Å². The van der Waals surface area contributed by atoms with Crippen LogP contribution in [0, 0.1) is 0 Å². The number of aliphatic carboxylic acids is 2. The van der Waals surface area contributed by atoms with Crippen molar-refractivity contribution in [3.05, 3.63) is 217 Å². The monoisotopic (exact) mass is 1800 g/mol. The van der Waals surface area contributed by atoms with Crippen LogP contribution in [0.3, 0.4) is 0 Å². The van der Waals surface area contributed by atoms with Gasteiger partial charge in [-0.05, 0) is 137 Å². The summed E-state index contributed by atoms with van der Waals surface area (Å²) in [6.07, 6.45) is 5.56. The molecule has 3 aromatic carbocycles. The number of aromatic nitrogens is 6. The maximum Gasteiger partial charge on any atom is 0.326 e. The number of fused-ring (bicyclic) bond motifs is 3. The van der Waals surface area contributed by atoms with Crippen LogP contribution in [-0.2, 0) is 56.7 Å². The van der Waals surface area contributed by atoms with Gasteiger partial charge in [-0.3, -0.25) is 57.1 Å². The molecular formula is C78H80BrCl6F4N15O13. The quantitative estimate of drug-likeness (QED) is 0.0310. The Balaban J connectivity index is 0.000000178. The number of nitrogens with one attached hydrogen (secondary N) is 6. The van der Waals surface area contributed by atoms with Crippen LogP contribution in [0.4, 0.5) is 23.2 Å². The van der Waals surface area contributed by atoms with Gasteiger partial charge < -0.3 is 61.4 Å². The summed E-state index contributed by atoms with van der Waals surface area (Å²) in [5.41, 5.74) is -3.71. The number of carboxylic acids is 2. The number of hydrogen-bond donors (Lipinski definition) is 8. The molecule has 39 heteroatoms. The van der Waals surface area contributed by atoms with Gasteiger partial charge in [0, 0.05) is 89.1 Å². The average Bonchev–Trinajstić information content (AvgIpc) is 0.753. The molecule has 6 aromatic heterocycles. The van der Waals surface area contributed by atoms with Gasteiger partial charge in [0.25, 0.3) is 34.4 Å². The number of benzene rings is 3. The Morgan fingerprint density at radius 3 is 1.24 bits per heavy atom. The third-order valence-corrected chi connectivity index (χ3v) is 20.9. The predicted octanol–water partition coefficient (Wildman–Crippen LogP) is 9.70. The van der Waals surface area contributed by atoms with Crippen molar-refractivity contribution in [3.63, 3.8) is 0 Å². The molecule has 6 aliphatic rings. The molecule has 8 N–H and O–H groups in total. The predicted molar refractivity (Wildman–Crippen MR) is 441 cm³/mol. The molecule has 9 aromatic rings. The zero-order valence-corrected chi connectivity index (χ0v) is 69.3. The molecule has 0 bridgehead atoms. The summed E-state index contributed by atoms with van der Waals surface area (Å²) in [6.45, 7) is 8.29. The molecule has 6 amide bonds. The van der Waals surface area contributed by atoms with Crippen molar-refractivity contribution in [1.29, 1.82) is 0 Å². The van der Waals surface area contributed by atoms with Crippen LogP contribution in [-0.4, -0.2) is 207 Å². The van der Waals surface area contributed by atoms with Crippen molar-refractivity contribution in [3.8, 4) is 0 Å². The normalized spacial score (nSPS) is 17.1. The molecule has 2 atom stereocenters. The lowest BCUT2D eigenvalue weighted by molar-refractivity contribution is -0.145. The summed E-state index contributed by atoms with van der Waals surface area (Å²) in [5.74, 6) is -4.44. The number of H-pyrrole nitrogens is 1. The summed E-state index contributed by atoms with van der Waals surface area (Å²) < 4.78 is 54.9.